The van der Waals surface area contributed by atoms with Crippen LogP contribution in [0.25, 0.3) is 0 Å². The lowest BCUT2D eigenvalue weighted by atomic mass is 10.1. The lowest BCUT2D eigenvalue weighted by Crippen LogP contribution is -2.38. The molecule has 0 aliphatic carbocycles. The quantitative estimate of drug-likeness (QED) is 0.839. The zero-order valence-corrected chi connectivity index (χ0v) is 12.9. The molecule has 2 heterocycles. The van der Waals surface area contributed by atoms with Crippen molar-refractivity contribution in [2.75, 3.05) is 25.5 Å². The van der Waals surface area contributed by atoms with Gasteiger partial charge in [0.15, 0.2) is 0 Å². The topological polar surface area (TPSA) is 81.3 Å². The van der Waals surface area contributed by atoms with E-state index in [-0.39, 0.29) is 12.5 Å². The molecule has 1 aliphatic rings. The molecule has 1 aromatic heterocycles. The number of fused-ring (bicyclic) bond motifs is 1. The van der Waals surface area contributed by atoms with E-state index in [1.54, 1.807) is 11.0 Å². The van der Waals surface area contributed by atoms with E-state index >= 15 is 0 Å². The molecule has 0 bridgehead atoms. The summed E-state index contributed by atoms with van der Waals surface area (Å²) in [4.78, 5) is 14.0. The van der Waals surface area contributed by atoms with Crippen LogP contribution in [0.15, 0.2) is 36.4 Å². The number of carbonyl (C=O) groups is 1. The summed E-state index contributed by atoms with van der Waals surface area (Å²) in [7, 11) is 0. The summed E-state index contributed by atoms with van der Waals surface area (Å²) in [5, 5.41) is 7.93. The Morgan fingerprint density at radius 3 is 2.91 bits per heavy atom. The molecule has 0 fully saturated rings. The zero-order chi connectivity index (χ0) is 16.1. The summed E-state index contributed by atoms with van der Waals surface area (Å²) in [5.41, 5.74) is 8.76. The van der Waals surface area contributed by atoms with E-state index in [0.29, 0.717) is 31.9 Å². The van der Waals surface area contributed by atoms with Crippen molar-refractivity contribution in [2.45, 2.75) is 19.4 Å². The molecule has 120 valence electrons. The average Bonchev–Trinajstić information content (AvgIpc) is 2.58. The molecule has 0 atom stereocenters. The third kappa shape index (κ3) is 4.04. The van der Waals surface area contributed by atoms with Gasteiger partial charge in [-0.15, -0.1) is 5.10 Å². The Morgan fingerprint density at radius 2 is 2.09 bits per heavy atom. The summed E-state index contributed by atoms with van der Waals surface area (Å²) in [5.74, 6) is 0.385. The van der Waals surface area contributed by atoms with Gasteiger partial charge in [0.25, 0.3) is 0 Å². The molecule has 3 rings (SSSR count). The molecule has 2 N–H and O–H groups in total. The number of aromatic nitrogens is 2. The fraction of sp³-hybridized carbons (Fsp3) is 0.353. The number of ether oxygens (including phenoxy) is 1. The number of anilines is 1. The summed E-state index contributed by atoms with van der Waals surface area (Å²) in [6.07, 6.45) is 1.52. The second kappa shape index (κ2) is 7.19. The van der Waals surface area contributed by atoms with Gasteiger partial charge in [-0.1, -0.05) is 30.3 Å². The van der Waals surface area contributed by atoms with Crippen molar-refractivity contribution in [3.63, 3.8) is 0 Å². The van der Waals surface area contributed by atoms with Crippen LogP contribution in [0.3, 0.4) is 0 Å². The monoisotopic (exact) mass is 312 g/mol. The van der Waals surface area contributed by atoms with Gasteiger partial charge in [-0.3, -0.25) is 4.79 Å². The molecule has 0 unspecified atom stereocenters. The van der Waals surface area contributed by atoms with Gasteiger partial charge < -0.3 is 15.4 Å². The summed E-state index contributed by atoms with van der Waals surface area (Å²) >= 11 is 0. The van der Waals surface area contributed by atoms with Crippen molar-refractivity contribution in [1.82, 2.24) is 15.1 Å². The lowest BCUT2D eigenvalue weighted by Gasteiger charge is -2.27. The van der Waals surface area contributed by atoms with Crippen LogP contribution >= 0.6 is 0 Å². The van der Waals surface area contributed by atoms with E-state index in [1.807, 2.05) is 18.2 Å². The van der Waals surface area contributed by atoms with Gasteiger partial charge in [0.2, 0.25) is 5.91 Å². The van der Waals surface area contributed by atoms with Crippen molar-refractivity contribution < 1.29 is 9.53 Å². The minimum absolute atomic E-state index is 0.000838. The predicted octanol–water partition coefficient (Wildman–Crippen LogP) is 1.20. The molecule has 1 aromatic carbocycles. The third-order valence-electron chi connectivity index (χ3n) is 3.91. The second-order valence-corrected chi connectivity index (χ2v) is 5.59. The van der Waals surface area contributed by atoms with E-state index in [1.165, 1.54) is 5.56 Å². The van der Waals surface area contributed by atoms with Gasteiger partial charge in [0.05, 0.1) is 12.3 Å². The lowest BCUT2D eigenvalue weighted by molar-refractivity contribution is -0.137. The first-order valence-corrected chi connectivity index (χ1v) is 7.73. The SMILES string of the molecule is Nc1cc2c(nn1)CCN(C(=O)COCCc1ccccc1)C2. The number of hydrogen-bond donors (Lipinski definition) is 1. The molecular formula is C17H20N4O2. The van der Waals surface area contributed by atoms with Crippen LogP contribution < -0.4 is 5.73 Å². The third-order valence-corrected chi connectivity index (χ3v) is 3.91. The maximum atomic E-state index is 12.2. The van der Waals surface area contributed by atoms with Gasteiger partial charge in [0, 0.05) is 19.5 Å². The first kappa shape index (κ1) is 15.4. The molecule has 0 spiro atoms. The van der Waals surface area contributed by atoms with Gasteiger partial charge in [-0.25, -0.2) is 0 Å². The largest absolute Gasteiger partial charge is 0.382 e. The number of amides is 1. The highest BCUT2D eigenvalue weighted by atomic mass is 16.5. The number of hydrogen-bond acceptors (Lipinski definition) is 5. The van der Waals surface area contributed by atoms with Gasteiger partial charge in [-0.05, 0) is 23.6 Å². The molecule has 1 aliphatic heterocycles. The standard InChI is InChI=1S/C17H20N4O2/c18-16-10-14-11-21(8-6-15(14)19-20-16)17(22)12-23-9-7-13-4-2-1-3-5-13/h1-5,10H,6-9,11-12H2,(H2,18,20). The van der Waals surface area contributed by atoms with E-state index in [2.05, 4.69) is 22.3 Å². The Bertz CT molecular complexity index is 676. The van der Waals surface area contributed by atoms with Crippen molar-refractivity contribution in [3.8, 4) is 0 Å². The summed E-state index contributed by atoms with van der Waals surface area (Å²) in [6, 6.07) is 11.9. The Morgan fingerprint density at radius 1 is 1.26 bits per heavy atom. The number of rotatable bonds is 5. The molecule has 2 aromatic rings. The second-order valence-electron chi connectivity index (χ2n) is 5.59. The minimum atomic E-state index is -0.000838. The first-order chi connectivity index (χ1) is 11.2. The molecule has 1 amide bonds. The van der Waals surface area contributed by atoms with Crippen LogP contribution in [0.4, 0.5) is 5.82 Å². The molecular weight excluding hydrogens is 292 g/mol. The van der Waals surface area contributed by atoms with E-state index in [0.717, 1.165) is 17.7 Å². The van der Waals surface area contributed by atoms with Crippen LogP contribution in [0.5, 0.6) is 0 Å². The van der Waals surface area contributed by atoms with Crippen LogP contribution in [0, 0.1) is 0 Å². The Kier molecular flexibility index (Phi) is 4.83. The van der Waals surface area contributed by atoms with Gasteiger partial charge in [-0.2, -0.15) is 5.10 Å². The highest BCUT2D eigenvalue weighted by molar-refractivity contribution is 5.77. The normalized spacial score (nSPS) is 13.7. The van der Waals surface area contributed by atoms with Crippen LogP contribution in [0.2, 0.25) is 0 Å². The summed E-state index contributed by atoms with van der Waals surface area (Å²) < 4.78 is 5.52. The Hall–Kier alpha value is -2.47. The molecule has 23 heavy (non-hydrogen) atoms. The van der Waals surface area contributed by atoms with E-state index in [4.69, 9.17) is 10.5 Å². The van der Waals surface area contributed by atoms with Crippen LogP contribution in [-0.4, -0.2) is 40.8 Å². The molecule has 0 saturated heterocycles. The average molecular weight is 312 g/mol. The first-order valence-electron chi connectivity index (χ1n) is 7.73. The number of benzene rings is 1. The smallest absolute Gasteiger partial charge is 0.248 e. The number of nitrogen functional groups attached to an aromatic ring is 1. The highest BCUT2D eigenvalue weighted by Crippen LogP contribution is 2.17. The van der Waals surface area contributed by atoms with E-state index < -0.39 is 0 Å². The molecule has 0 radical (unpaired) electrons. The number of nitrogens with zero attached hydrogens (tertiary/aromatic N) is 3. The van der Waals surface area contributed by atoms with Gasteiger partial charge in [0.1, 0.15) is 12.4 Å². The maximum Gasteiger partial charge on any atom is 0.248 e. The highest BCUT2D eigenvalue weighted by Gasteiger charge is 2.22. The fourth-order valence-electron chi connectivity index (χ4n) is 2.64. The van der Waals surface area contributed by atoms with Crippen molar-refractivity contribution in [3.05, 3.63) is 53.2 Å². The Balaban J connectivity index is 1.46. The van der Waals surface area contributed by atoms with Crippen molar-refractivity contribution in [2.24, 2.45) is 0 Å². The van der Waals surface area contributed by atoms with E-state index in [9.17, 15) is 4.79 Å². The molecule has 6 nitrogen and oxygen atoms in total. The number of carbonyl (C=O) groups excluding carboxylic acids is 1. The predicted molar refractivity (Wildman–Crippen MR) is 86.5 cm³/mol. The maximum absolute atomic E-state index is 12.2. The summed E-state index contributed by atoms with van der Waals surface area (Å²) in [6.45, 7) is 1.82. The molecule has 0 saturated carbocycles. The zero-order valence-electron chi connectivity index (χ0n) is 12.9. The van der Waals surface area contributed by atoms with Gasteiger partial charge >= 0.3 is 0 Å². The fourth-order valence-corrected chi connectivity index (χ4v) is 2.64. The molecule has 6 heteroatoms. The Labute approximate surface area is 135 Å². The van der Waals surface area contributed by atoms with Crippen molar-refractivity contribution in [1.29, 1.82) is 0 Å². The number of nitrogens with two attached hydrogens (primary N) is 1. The minimum Gasteiger partial charge on any atom is -0.382 e. The van der Waals surface area contributed by atoms with Crippen LogP contribution in [-0.2, 0) is 28.9 Å². The van der Waals surface area contributed by atoms with Crippen molar-refractivity contribution >= 4 is 11.7 Å². The van der Waals surface area contributed by atoms with Crippen LogP contribution in [0.1, 0.15) is 16.8 Å².